The van der Waals surface area contributed by atoms with Gasteiger partial charge in [0.2, 0.25) is 0 Å². The lowest BCUT2D eigenvalue weighted by Crippen LogP contribution is -3.01. The third-order valence-corrected chi connectivity index (χ3v) is 1.43. The molecule has 0 aliphatic heterocycles. The Hall–Kier alpha value is -1.12. The maximum Gasteiger partial charge on any atom is 0.131 e. The van der Waals surface area contributed by atoms with Crippen molar-refractivity contribution in [2.75, 3.05) is 6.54 Å². The molecule has 2 nitrogen and oxygen atoms in total. The number of hydrogen-bond acceptors (Lipinski definition) is 1. The Morgan fingerprint density at radius 1 is 1.36 bits per heavy atom. The van der Waals surface area contributed by atoms with E-state index in [1.54, 1.807) is 6.08 Å². The van der Waals surface area contributed by atoms with E-state index in [2.05, 4.69) is 6.58 Å². The van der Waals surface area contributed by atoms with E-state index < -0.39 is 0 Å². The number of hydroxylamine groups is 1. The summed E-state index contributed by atoms with van der Waals surface area (Å²) in [6, 6.07) is 9.23. The van der Waals surface area contributed by atoms with Gasteiger partial charge >= 0.3 is 0 Å². The summed E-state index contributed by atoms with van der Waals surface area (Å²) in [5, 5.41) is 11.3. The molecule has 1 atom stereocenters. The highest BCUT2D eigenvalue weighted by Gasteiger charge is 1.95. The second-order valence-corrected chi connectivity index (χ2v) is 2.28. The molecule has 0 saturated heterocycles. The maximum absolute atomic E-state index is 11.2. The Bertz CT molecular complexity index is 220. The van der Waals surface area contributed by atoms with Crippen molar-refractivity contribution in [1.29, 1.82) is 0 Å². The first-order chi connectivity index (χ1) is 5.34. The van der Waals surface area contributed by atoms with Gasteiger partial charge in [0.1, 0.15) is 5.69 Å². The molecule has 1 rings (SSSR count). The fourth-order valence-corrected chi connectivity index (χ4v) is 0.873. The molecule has 1 aromatic rings. The molecule has 0 heterocycles. The van der Waals surface area contributed by atoms with Gasteiger partial charge in [-0.1, -0.05) is 24.8 Å². The van der Waals surface area contributed by atoms with Gasteiger partial charge in [-0.2, -0.15) is 0 Å². The lowest BCUT2D eigenvalue weighted by molar-refractivity contribution is -0.768. The van der Waals surface area contributed by atoms with Crippen LogP contribution < -0.4 is 5.06 Å². The van der Waals surface area contributed by atoms with Gasteiger partial charge in [0.25, 0.3) is 0 Å². The van der Waals surface area contributed by atoms with Gasteiger partial charge in [-0.3, -0.25) is 0 Å². The normalized spacial score (nSPS) is 12.5. The summed E-state index contributed by atoms with van der Waals surface area (Å²) >= 11 is 0. The van der Waals surface area contributed by atoms with Crippen molar-refractivity contribution >= 4 is 5.69 Å². The van der Waals surface area contributed by atoms with E-state index in [9.17, 15) is 5.21 Å². The molecule has 1 unspecified atom stereocenters. The highest BCUT2D eigenvalue weighted by Crippen LogP contribution is 1.97. The Labute approximate surface area is 66.3 Å². The summed E-state index contributed by atoms with van der Waals surface area (Å²) in [5.41, 5.74) is 0.757. The van der Waals surface area contributed by atoms with E-state index in [4.69, 9.17) is 0 Å². The maximum atomic E-state index is 11.2. The lowest BCUT2D eigenvalue weighted by Gasteiger charge is -2.19. The molecule has 11 heavy (non-hydrogen) atoms. The minimum atomic E-state index is 0.126. The predicted octanol–water partition coefficient (Wildman–Crippen LogP) is 0.887. The summed E-state index contributed by atoms with van der Waals surface area (Å²) in [6.45, 7) is 3.93. The number of quaternary nitrogens is 1. The SMILES string of the molecule is C=CC[NH+]([O-])c1ccccc1. The van der Waals surface area contributed by atoms with Crippen LogP contribution in [0.4, 0.5) is 5.69 Å². The summed E-state index contributed by atoms with van der Waals surface area (Å²) in [5.74, 6) is 0. The van der Waals surface area contributed by atoms with Gasteiger partial charge in [-0.25, -0.2) is 0 Å². The van der Waals surface area contributed by atoms with Crippen molar-refractivity contribution in [2.24, 2.45) is 0 Å². The van der Waals surface area contributed by atoms with Crippen LogP contribution in [-0.2, 0) is 0 Å². The summed E-state index contributed by atoms with van der Waals surface area (Å²) < 4.78 is 0. The van der Waals surface area contributed by atoms with Crippen molar-refractivity contribution in [1.82, 2.24) is 0 Å². The first-order valence-electron chi connectivity index (χ1n) is 3.53. The minimum Gasteiger partial charge on any atom is -0.629 e. The smallest absolute Gasteiger partial charge is 0.131 e. The number of rotatable bonds is 3. The topological polar surface area (TPSA) is 27.5 Å². The number of hydrogen-bond donors (Lipinski definition) is 1. The van der Waals surface area contributed by atoms with Gasteiger partial charge in [0.05, 0.1) is 6.54 Å². The van der Waals surface area contributed by atoms with Crippen molar-refractivity contribution in [2.45, 2.75) is 0 Å². The molecule has 0 saturated carbocycles. The summed E-state index contributed by atoms with van der Waals surface area (Å²) in [7, 11) is 0. The lowest BCUT2D eigenvalue weighted by atomic mass is 10.3. The molecule has 1 aromatic carbocycles. The summed E-state index contributed by atoms with van der Waals surface area (Å²) in [4.78, 5) is 0. The molecule has 0 amide bonds. The molecular weight excluding hydrogens is 138 g/mol. The highest BCUT2D eigenvalue weighted by molar-refractivity contribution is 5.28. The van der Waals surface area contributed by atoms with Crippen LogP contribution in [-0.4, -0.2) is 6.54 Å². The Morgan fingerprint density at radius 3 is 2.55 bits per heavy atom. The fourth-order valence-electron chi connectivity index (χ4n) is 0.873. The standard InChI is InChI=1S/C9H11NO/c1-2-8-10(11)9-6-4-3-5-7-9/h2-7,10H,1,8H2. The van der Waals surface area contributed by atoms with Gasteiger partial charge in [0.15, 0.2) is 0 Å². The van der Waals surface area contributed by atoms with E-state index in [0.717, 1.165) is 5.69 Å². The number of para-hydroxylation sites is 1. The summed E-state index contributed by atoms with van der Waals surface area (Å²) in [6.07, 6.45) is 1.62. The quantitative estimate of drug-likeness (QED) is 0.501. The van der Waals surface area contributed by atoms with Gasteiger partial charge in [0, 0.05) is 0 Å². The third kappa shape index (κ3) is 2.18. The molecular formula is C9H11NO. The molecule has 58 valence electrons. The van der Waals surface area contributed by atoms with E-state index in [0.29, 0.717) is 6.54 Å². The first kappa shape index (κ1) is 7.98. The number of benzene rings is 1. The van der Waals surface area contributed by atoms with Crippen LogP contribution in [0.5, 0.6) is 0 Å². The van der Waals surface area contributed by atoms with E-state index >= 15 is 0 Å². The van der Waals surface area contributed by atoms with Crippen LogP contribution in [0.1, 0.15) is 0 Å². The van der Waals surface area contributed by atoms with E-state index in [1.165, 1.54) is 0 Å². The van der Waals surface area contributed by atoms with Crippen LogP contribution >= 0.6 is 0 Å². The van der Waals surface area contributed by atoms with Crippen molar-refractivity contribution in [3.05, 3.63) is 48.2 Å². The Morgan fingerprint density at radius 2 is 2.00 bits per heavy atom. The van der Waals surface area contributed by atoms with E-state index in [1.807, 2.05) is 30.3 Å². The Kier molecular flexibility index (Phi) is 2.83. The van der Waals surface area contributed by atoms with Gasteiger partial charge in [-0.05, 0) is 18.2 Å². The zero-order valence-corrected chi connectivity index (χ0v) is 6.29. The van der Waals surface area contributed by atoms with Crippen LogP contribution in [0.3, 0.4) is 0 Å². The van der Waals surface area contributed by atoms with Crippen molar-refractivity contribution in [3.63, 3.8) is 0 Å². The first-order valence-corrected chi connectivity index (χ1v) is 3.53. The largest absolute Gasteiger partial charge is 0.629 e. The molecule has 0 aliphatic carbocycles. The van der Waals surface area contributed by atoms with Crippen molar-refractivity contribution in [3.8, 4) is 0 Å². The monoisotopic (exact) mass is 149 g/mol. The zero-order valence-electron chi connectivity index (χ0n) is 6.29. The molecule has 0 aliphatic rings. The minimum absolute atomic E-state index is 0.126. The second kappa shape index (κ2) is 3.91. The number of nitrogens with one attached hydrogen (secondary N) is 1. The zero-order chi connectivity index (χ0) is 8.10. The van der Waals surface area contributed by atoms with Gasteiger partial charge < -0.3 is 10.3 Å². The average Bonchev–Trinajstić information content (AvgIpc) is 2.07. The van der Waals surface area contributed by atoms with Crippen LogP contribution in [0, 0.1) is 5.21 Å². The van der Waals surface area contributed by atoms with Crippen LogP contribution in [0.15, 0.2) is 43.0 Å². The molecule has 0 fully saturated rings. The molecule has 2 heteroatoms. The predicted molar refractivity (Wildman–Crippen MR) is 45.5 cm³/mol. The molecule has 0 aromatic heterocycles. The third-order valence-electron chi connectivity index (χ3n) is 1.43. The molecule has 0 radical (unpaired) electrons. The van der Waals surface area contributed by atoms with Gasteiger partial charge in [-0.15, -0.1) is 0 Å². The average molecular weight is 149 g/mol. The fraction of sp³-hybridized carbons (Fsp3) is 0.111. The highest BCUT2D eigenvalue weighted by atomic mass is 16.5. The second-order valence-electron chi connectivity index (χ2n) is 2.28. The molecule has 1 N–H and O–H groups in total. The van der Waals surface area contributed by atoms with Crippen LogP contribution in [0.2, 0.25) is 0 Å². The van der Waals surface area contributed by atoms with Crippen molar-refractivity contribution < 1.29 is 5.06 Å². The molecule has 0 bridgehead atoms. The van der Waals surface area contributed by atoms with Crippen LogP contribution in [0.25, 0.3) is 0 Å². The Balaban J connectivity index is 2.68. The van der Waals surface area contributed by atoms with E-state index in [-0.39, 0.29) is 5.06 Å². The molecule has 0 spiro atoms.